The number of nitrogens with zero attached hydrogens (tertiary/aromatic N) is 1. The zero-order valence-electron chi connectivity index (χ0n) is 9.37. The van der Waals surface area contributed by atoms with Gasteiger partial charge in [-0.15, -0.1) is 0 Å². The number of hydrogen-bond acceptors (Lipinski definition) is 3. The number of sulfonamides is 1. The monoisotopic (exact) mass is 272 g/mol. The minimum atomic E-state index is -4.37. The lowest BCUT2D eigenvalue weighted by Crippen LogP contribution is -2.43. The molecule has 8 heteroatoms. The van der Waals surface area contributed by atoms with Crippen LogP contribution in [0.2, 0.25) is 0 Å². The van der Waals surface area contributed by atoms with Crippen molar-refractivity contribution >= 4 is 10.0 Å². The highest BCUT2D eigenvalue weighted by atomic mass is 32.2. The molecule has 1 unspecified atom stereocenters. The number of hydrogen-bond donors (Lipinski definition) is 1. The van der Waals surface area contributed by atoms with Gasteiger partial charge < -0.3 is 5.73 Å². The van der Waals surface area contributed by atoms with Gasteiger partial charge in [-0.3, -0.25) is 0 Å². The van der Waals surface area contributed by atoms with Crippen LogP contribution in [0.4, 0.5) is 13.2 Å². The highest BCUT2D eigenvalue weighted by molar-refractivity contribution is 7.89. The summed E-state index contributed by atoms with van der Waals surface area (Å²) in [7, 11) is -3.58. The summed E-state index contributed by atoms with van der Waals surface area (Å²) in [6.45, 7) is 1.02. The van der Waals surface area contributed by atoms with Gasteiger partial charge in [-0.05, 0) is 13.3 Å². The lowest BCUT2D eigenvalue weighted by atomic mass is 10.1. The topological polar surface area (TPSA) is 63.4 Å². The lowest BCUT2D eigenvalue weighted by molar-refractivity contribution is -0.0953. The molecule has 1 heterocycles. The Labute approximate surface area is 98.3 Å². The van der Waals surface area contributed by atoms with Crippen LogP contribution in [0.15, 0.2) is 11.6 Å². The molecular formula is C9H15F3N2O2S. The van der Waals surface area contributed by atoms with E-state index in [1.54, 1.807) is 0 Å². The van der Waals surface area contributed by atoms with Crippen molar-refractivity contribution < 1.29 is 21.6 Å². The van der Waals surface area contributed by atoms with E-state index in [-0.39, 0.29) is 26.1 Å². The standard InChI is InChI=1S/C9H15F3N2O2S/c1-7(6-13)17(15,16)14-4-2-8(3-5-14)9(10,11)12/h2,7H,3-6,13H2,1H3. The maximum absolute atomic E-state index is 12.3. The molecule has 0 saturated carbocycles. The van der Waals surface area contributed by atoms with Crippen LogP contribution in [0, 0.1) is 0 Å². The van der Waals surface area contributed by atoms with Gasteiger partial charge in [0, 0.05) is 25.2 Å². The van der Waals surface area contributed by atoms with Crippen molar-refractivity contribution in [2.24, 2.45) is 5.73 Å². The van der Waals surface area contributed by atoms with E-state index in [0.29, 0.717) is 0 Å². The maximum Gasteiger partial charge on any atom is 0.412 e. The number of halogens is 3. The summed E-state index contributed by atoms with van der Waals surface area (Å²) in [5.41, 5.74) is 4.60. The quantitative estimate of drug-likeness (QED) is 0.775. The van der Waals surface area contributed by atoms with Gasteiger partial charge in [0.2, 0.25) is 10.0 Å². The van der Waals surface area contributed by atoms with Crippen molar-refractivity contribution in [2.75, 3.05) is 19.6 Å². The minimum Gasteiger partial charge on any atom is -0.329 e. The van der Waals surface area contributed by atoms with Gasteiger partial charge in [0.1, 0.15) is 0 Å². The molecule has 1 aliphatic heterocycles. The number of rotatable bonds is 3. The third-order valence-corrected chi connectivity index (χ3v) is 5.00. The molecule has 0 aliphatic carbocycles. The molecule has 1 rings (SSSR count). The Hall–Kier alpha value is -0.600. The highest BCUT2D eigenvalue weighted by Crippen LogP contribution is 2.31. The molecule has 0 amide bonds. The van der Waals surface area contributed by atoms with Crippen molar-refractivity contribution in [3.05, 3.63) is 11.6 Å². The van der Waals surface area contributed by atoms with Crippen LogP contribution < -0.4 is 5.73 Å². The van der Waals surface area contributed by atoms with Gasteiger partial charge >= 0.3 is 6.18 Å². The Morgan fingerprint density at radius 2 is 2.12 bits per heavy atom. The third kappa shape index (κ3) is 3.20. The average molecular weight is 272 g/mol. The number of alkyl halides is 3. The van der Waals surface area contributed by atoms with E-state index in [9.17, 15) is 21.6 Å². The lowest BCUT2D eigenvalue weighted by Gasteiger charge is -2.28. The van der Waals surface area contributed by atoms with Crippen molar-refractivity contribution in [2.45, 2.75) is 24.8 Å². The van der Waals surface area contributed by atoms with Crippen molar-refractivity contribution in [3.8, 4) is 0 Å². The first-order chi connectivity index (χ1) is 7.69. The largest absolute Gasteiger partial charge is 0.412 e. The molecule has 0 bridgehead atoms. The van der Waals surface area contributed by atoms with Crippen LogP contribution in [-0.2, 0) is 10.0 Å². The van der Waals surface area contributed by atoms with E-state index >= 15 is 0 Å². The van der Waals surface area contributed by atoms with E-state index in [1.165, 1.54) is 6.92 Å². The maximum atomic E-state index is 12.3. The van der Waals surface area contributed by atoms with Gasteiger partial charge in [0.15, 0.2) is 0 Å². The predicted octanol–water partition coefficient (Wildman–Crippen LogP) is 0.858. The van der Waals surface area contributed by atoms with E-state index in [0.717, 1.165) is 10.4 Å². The molecule has 0 aromatic rings. The minimum absolute atomic E-state index is 0.0469. The fourth-order valence-corrected chi connectivity index (χ4v) is 2.90. The van der Waals surface area contributed by atoms with Crippen molar-refractivity contribution in [1.29, 1.82) is 0 Å². The molecular weight excluding hydrogens is 257 g/mol. The van der Waals surface area contributed by atoms with Crippen LogP contribution in [0.5, 0.6) is 0 Å². The normalized spacial score (nSPS) is 21.1. The van der Waals surface area contributed by atoms with E-state index in [4.69, 9.17) is 5.73 Å². The molecule has 0 radical (unpaired) electrons. The first-order valence-electron chi connectivity index (χ1n) is 5.15. The molecule has 1 aliphatic rings. The average Bonchev–Trinajstić information content (AvgIpc) is 2.27. The third-order valence-electron chi connectivity index (χ3n) is 2.74. The zero-order valence-corrected chi connectivity index (χ0v) is 10.2. The Morgan fingerprint density at radius 1 is 1.53 bits per heavy atom. The molecule has 0 aromatic heterocycles. The first kappa shape index (κ1) is 14.5. The Morgan fingerprint density at radius 3 is 2.47 bits per heavy atom. The second-order valence-corrected chi connectivity index (χ2v) is 6.28. The van der Waals surface area contributed by atoms with Gasteiger partial charge in [-0.2, -0.15) is 17.5 Å². The van der Waals surface area contributed by atoms with Gasteiger partial charge in [-0.1, -0.05) is 6.08 Å². The van der Waals surface area contributed by atoms with Crippen LogP contribution >= 0.6 is 0 Å². The Kier molecular flexibility index (Phi) is 4.21. The molecule has 0 fully saturated rings. The van der Waals surface area contributed by atoms with E-state index in [1.807, 2.05) is 0 Å². The smallest absolute Gasteiger partial charge is 0.329 e. The van der Waals surface area contributed by atoms with Gasteiger partial charge in [0.05, 0.1) is 5.25 Å². The van der Waals surface area contributed by atoms with Crippen molar-refractivity contribution in [3.63, 3.8) is 0 Å². The molecule has 0 saturated heterocycles. The van der Waals surface area contributed by atoms with Crippen LogP contribution in [-0.4, -0.2) is 43.8 Å². The van der Waals surface area contributed by atoms with Crippen LogP contribution in [0.25, 0.3) is 0 Å². The molecule has 0 spiro atoms. The molecule has 100 valence electrons. The van der Waals surface area contributed by atoms with Crippen molar-refractivity contribution in [1.82, 2.24) is 4.31 Å². The van der Waals surface area contributed by atoms with Crippen LogP contribution in [0.1, 0.15) is 13.3 Å². The van der Waals surface area contributed by atoms with Crippen LogP contribution in [0.3, 0.4) is 0 Å². The summed E-state index contributed by atoms with van der Waals surface area (Å²) < 4.78 is 61.7. The van der Waals surface area contributed by atoms with E-state index in [2.05, 4.69) is 0 Å². The number of nitrogens with two attached hydrogens (primary N) is 1. The summed E-state index contributed by atoms with van der Waals surface area (Å²) in [6.07, 6.45) is -3.75. The molecule has 1 atom stereocenters. The van der Waals surface area contributed by atoms with E-state index < -0.39 is 27.0 Å². The molecule has 2 N–H and O–H groups in total. The fraction of sp³-hybridized carbons (Fsp3) is 0.778. The SMILES string of the molecule is CC(CN)S(=O)(=O)N1CC=C(C(F)(F)F)CC1. The summed E-state index contributed by atoms with van der Waals surface area (Å²) >= 11 is 0. The predicted molar refractivity (Wildman–Crippen MR) is 57.8 cm³/mol. The Balaban J connectivity index is 2.80. The summed E-state index contributed by atoms with van der Waals surface area (Å²) in [5, 5.41) is -0.775. The van der Waals surface area contributed by atoms with Gasteiger partial charge in [0.25, 0.3) is 0 Å². The second-order valence-electron chi connectivity index (χ2n) is 3.93. The fourth-order valence-electron chi connectivity index (χ4n) is 1.52. The second kappa shape index (κ2) is 4.95. The highest BCUT2D eigenvalue weighted by Gasteiger charge is 2.37. The first-order valence-corrected chi connectivity index (χ1v) is 6.65. The molecule has 4 nitrogen and oxygen atoms in total. The molecule has 17 heavy (non-hydrogen) atoms. The van der Waals surface area contributed by atoms with Gasteiger partial charge in [-0.25, -0.2) is 8.42 Å². The summed E-state index contributed by atoms with van der Waals surface area (Å²) in [5.74, 6) is 0. The summed E-state index contributed by atoms with van der Waals surface area (Å²) in [4.78, 5) is 0. The summed E-state index contributed by atoms with van der Waals surface area (Å²) in [6, 6.07) is 0. The Bertz CT molecular complexity index is 403. The molecule has 0 aromatic carbocycles. The zero-order chi connectivity index (χ0) is 13.3.